The van der Waals surface area contributed by atoms with E-state index in [4.69, 9.17) is 0 Å². The topological polar surface area (TPSA) is 17.1 Å². The quantitative estimate of drug-likeness (QED) is 0.581. The minimum absolute atomic E-state index is 0.517. The van der Waals surface area contributed by atoms with Gasteiger partial charge in [-0.1, -0.05) is 32.1 Å². The standard InChI is InChI=1S/C13H22O/c14-13-8-4-7-12(9-10-13)11-5-2-1-3-6-11/h11-12H,1-10H2. The second-order valence-corrected chi connectivity index (χ2v) is 5.13. The highest BCUT2D eigenvalue weighted by Gasteiger charge is 2.25. The second kappa shape index (κ2) is 4.95. The highest BCUT2D eigenvalue weighted by atomic mass is 16.1. The Bertz CT molecular complexity index is 191. The molecule has 14 heavy (non-hydrogen) atoms. The average molecular weight is 194 g/mol. The lowest BCUT2D eigenvalue weighted by molar-refractivity contribution is -0.119. The molecule has 0 aromatic carbocycles. The Morgan fingerprint density at radius 2 is 1.36 bits per heavy atom. The Morgan fingerprint density at radius 1 is 0.714 bits per heavy atom. The number of ketones is 1. The molecular formula is C13H22O. The minimum atomic E-state index is 0.517. The number of Topliss-reactive ketones (excluding diaryl/α,β-unsaturated/α-hetero) is 1. The minimum Gasteiger partial charge on any atom is -0.300 e. The predicted octanol–water partition coefficient (Wildman–Crippen LogP) is 3.72. The molecule has 0 spiro atoms. The third-order valence-corrected chi connectivity index (χ3v) is 4.14. The molecule has 1 unspecified atom stereocenters. The molecule has 0 amide bonds. The van der Waals surface area contributed by atoms with Gasteiger partial charge in [-0.05, 0) is 31.1 Å². The molecule has 0 aliphatic heterocycles. The van der Waals surface area contributed by atoms with Crippen molar-refractivity contribution in [3.63, 3.8) is 0 Å². The highest BCUT2D eigenvalue weighted by Crippen LogP contribution is 2.36. The van der Waals surface area contributed by atoms with Crippen LogP contribution in [0.15, 0.2) is 0 Å². The summed E-state index contributed by atoms with van der Waals surface area (Å²) in [7, 11) is 0. The lowest BCUT2D eigenvalue weighted by Crippen LogP contribution is -2.17. The van der Waals surface area contributed by atoms with Gasteiger partial charge in [0, 0.05) is 12.8 Å². The van der Waals surface area contributed by atoms with Crippen LogP contribution in [0.3, 0.4) is 0 Å². The van der Waals surface area contributed by atoms with Gasteiger partial charge in [-0.2, -0.15) is 0 Å². The van der Waals surface area contributed by atoms with Crippen molar-refractivity contribution in [1.82, 2.24) is 0 Å². The zero-order chi connectivity index (χ0) is 9.80. The van der Waals surface area contributed by atoms with Gasteiger partial charge < -0.3 is 0 Å². The van der Waals surface area contributed by atoms with Crippen LogP contribution >= 0.6 is 0 Å². The summed E-state index contributed by atoms with van der Waals surface area (Å²) in [4.78, 5) is 11.3. The fourth-order valence-electron chi connectivity index (χ4n) is 3.25. The summed E-state index contributed by atoms with van der Waals surface area (Å²) in [6, 6.07) is 0. The Balaban J connectivity index is 1.86. The first-order valence-electron chi connectivity index (χ1n) is 6.38. The highest BCUT2D eigenvalue weighted by molar-refractivity contribution is 5.78. The van der Waals surface area contributed by atoms with Crippen molar-refractivity contribution in [3.8, 4) is 0 Å². The summed E-state index contributed by atoms with van der Waals surface area (Å²) in [5, 5.41) is 0. The fraction of sp³-hybridized carbons (Fsp3) is 0.923. The molecule has 0 aromatic rings. The van der Waals surface area contributed by atoms with E-state index >= 15 is 0 Å². The van der Waals surface area contributed by atoms with Crippen LogP contribution < -0.4 is 0 Å². The van der Waals surface area contributed by atoms with E-state index in [2.05, 4.69) is 0 Å². The smallest absolute Gasteiger partial charge is 0.132 e. The van der Waals surface area contributed by atoms with Crippen molar-refractivity contribution in [1.29, 1.82) is 0 Å². The van der Waals surface area contributed by atoms with Gasteiger partial charge in [-0.25, -0.2) is 0 Å². The van der Waals surface area contributed by atoms with Gasteiger partial charge in [-0.3, -0.25) is 4.79 Å². The SMILES string of the molecule is O=C1CCCC(C2CCCCC2)CC1. The number of hydrogen-bond donors (Lipinski definition) is 0. The van der Waals surface area contributed by atoms with Gasteiger partial charge in [0.25, 0.3) is 0 Å². The van der Waals surface area contributed by atoms with Crippen LogP contribution in [0.4, 0.5) is 0 Å². The van der Waals surface area contributed by atoms with E-state index < -0.39 is 0 Å². The molecule has 0 saturated heterocycles. The monoisotopic (exact) mass is 194 g/mol. The molecule has 1 atom stereocenters. The molecule has 80 valence electrons. The fourth-order valence-corrected chi connectivity index (χ4v) is 3.25. The number of rotatable bonds is 1. The summed E-state index contributed by atoms with van der Waals surface area (Å²) in [5.41, 5.74) is 0. The van der Waals surface area contributed by atoms with Crippen LogP contribution in [0.2, 0.25) is 0 Å². The molecule has 0 aromatic heterocycles. The molecule has 2 aliphatic carbocycles. The molecule has 0 radical (unpaired) electrons. The molecule has 0 N–H and O–H groups in total. The van der Waals surface area contributed by atoms with E-state index in [9.17, 15) is 4.79 Å². The average Bonchev–Trinajstić information content (AvgIpc) is 2.44. The molecule has 0 heterocycles. The zero-order valence-corrected chi connectivity index (χ0v) is 9.13. The van der Waals surface area contributed by atoms with E-state index in [1.54, 1.807) is 0 Å². The van der Waals surface area contributed by atoms with E-state index in [-0.39, 0.29) is 0 Å². The first kappa shape index (κ1) is 10.2. The van der Waals surface area contributed by atoms with Crippen molar-refractivity contribution < 1.29 is 4.79 Å². The molecule has 1 nitrogen and oxygen atoms in total. The maximum absolute atomic E-state index is 11.3. The normalized spacial score (nSPS) is 31.4. The molecule has 0 bridgehead atoms. The Hall–Kier alpha value is -0.330. The van der Waals surface area contributed by atoms with Crippen LogP contribution in [0.25, 0.3) is 0 Å². The van der Waals surface area contributed by atoms with E-state index in [1.807, 2.05) is 0 Å². The van der Waals surface area contributed by atoms with Crippen molar-refractivity contribution in [2.24, 2.45) is 11.8 Å². The summed E-state index contributed by atoms with van der Waals surface area (Å²) in [6.45, 7) is 0. The van der Waals surface area contributed by atoms with Crippen molar-refractivity contribution >= 4 is 5.78 Å². The van der Waals surface area contributed by atoms with Crippen LogP contribution in [0.1, 0.15) is 64.2 Å². The van der Waals surface area contributed by atoms with Gasteiger partial charge in [0.2, 0.25) is 0 Å². The van der Waals surface area contributed by atoms with E-state index in [0.717, 1.165) is 24.7 Å². The van der Waals surface area contributed by atoms with Gasteiger partial charge in [-0.15, -0.1) is 0 Å². The maximum atomic E-state index is 11.3. The van der Waals surface area contributed by atoms with Crippen LogP contribution in [-0.4, -0.2) is 5.78 Å². The lowest BCUT2D eigenvalue weighted by atomic mass is 9.77. The second-order valence-electron chi connectivity index (χ2n) is 5.13. The summed E-state index contributed by atoms with van der Waals surface area (Å²) < 4.78 is 0. The first-order valence-corrected chi connectivity index (χ1v) is 6.38. The number of hydrogen-bond acceptors (Lipinski definition) is 1. The van der Waals surface area contributed by atoms with E-state index in [0.29, 0.717) is 5.78 Å². The first-order chi connectivity index (χ1) is 6.86. The Labute approximate surface area is 87.3 Å². The predicted molar refractivity (Wildman–Crippen MR) is 58.2 cm³/mol. The number of carbonyl (C=O) groups excluding carboxylic acids is 1. The molecule has 2 saturated carbocycles. The number of carbonyl (C=O) groups is 1. The molecule has 1 heteroatoms. The van der Waals surface area contributed by atoms with Crippen LogP contribution in [0, 0.1) is 11.8 Å². The zero-order valence-electron chi connectivity index (χ0n) is 9.13. The van der Waals surface area contributed by atoms with Gasteiger partial charge >= 0.3 is 0 Å². The van der Waals surface area contributed by atoms with Crippen LogP contribution in [-0.2, 0) is 4.79 Å². The van der Waals surface area contributed by atoms with Crippen LogP contribution in [0.5, 0.6) is 0 Å². The van der Waals surface area contributed by atoms with Crippen molar-refractivity contribution in [2.45, 2.75) is 64.2 Å². The maximum Gasteiger partial charge on any atom is 0.132 e. The van der Waals surface area contributed by atoms with Crippen molar-refractivity contribution in [2.75, 3.05) is 0 Å². The molecule has 2 rings (SSSR count). The summed E-state index contributed by atoms with van der Waals surface area (Å²) >= 11 is 0. The molecule has 2 fully saturated rings. The van der Waals surface area contributed by atoms with Crippen molar-refractivity contribution in [3.05, 3.63) is 0 Å². The van der Waals surface area contributed by atoms with Gasteiger partial charge in [0.1, 0.15) is 5.78 Å². The third kappa shape index (κ3) is 2.59. The molecule has 2 aliphatic rings. The molecular weight excluding hydrogens is 172 g/mol. The summed E-state index contributed by atoms with van der Waals surface area (Å²) in [5.74, 6) is 2.37. The largest absolute Gasteiger partial charge is 0.300 e. The summed E-state index contributed by atoms with van der Waals surface area (Å²) in [6.07, 6.45) is 12.6. The third-order valence-electron chi connectivity index (χ3n) is 4.14. The lowest BCUT2D eigenvalue weighted by Gasteiger charge is -2.29. The van der Waals surface area contributed by atoms with E-state index in [1.165, 1.54) is 51.4 Å². The van der Waals surface area contributed by atoms with Gasteiger partial charge in [0.15, 0.2) is 0 Å². The Kier molecular flexibility index (Phi) is 3.61. The Morgan fingerprint density at radius 3 is 2.14 bits per heavy atom. The van der Waals surface area contributed by atoms with Gasteiger partial charge in [0.05, 0.1) is 0 Å².